The molecule has 3 rings (SSSR count). The Morgan fingerprint density at radius 2 is 2.14 bits per heavy atom. The lowest BCUT2D eigenvalue weighted by atomic mass is 10.1. The molecular formula is C17H21N3O2. The van der Waals surface area contributed by atoms with Crippen LogP contribution in [0, 0.1) is 11.3 Å². The summed E-state index contributed by atoms with van der Waals surface area (Å²) in [5.41, 5.74) is 1.08. The third-order valence-electron chi connectivity index (χ3n) is 4.52. The molecule has 0 bridgehead atoms. The highest BCUT2D eigenvalue weighted by atomic mass is 16.5. The number of likely N-dealkylation sites (tertiary alicyclic amines) is 1. The number of carbonyl (C=O) groups excluding carboxylic acids is 1. The van der Waals surface area contributed by atoms with E-state index in [9.17, 15) is 4.79 Å². The summed E-state index contributed by atoms with van der Waals surface area (Å²) in [5, 5.41) is 12.0. The molecule has 2 saturated heterocycles. The van der Waals surface area contributed by atoms with E-state index < -0.39 is 0 Å². The number of hydrogen-bond donors (Lipinski definition) is 1. The summed E-state index contributed by atoms with van der Waals surface area (Å²) in [5.74, 6) is -0.0871. The van der Waals surface area contributed by atoms with Gasteiger partial charge < -0.3 is 10.1 Å². The van der Waals surface area contributed by atoms with E-state index in [1.807, 2.05) is 0 Å². The van der Waals surface area contributed by atoms with Crippen LogP contribution in [0.25, 0.3) is 0 Å². The third kappa shape index (κ3) is 3.46. The molecule has 0 aromatic heterocycles. The molecule has 2 fully saturated rings. The Morgan fingerprint density at radius 1 is 1.32 bits per heavy atom. The highest BCUT2D eigenvalue weighted by Crippen LogP contribution is 2.20. The van der Waals surface area contributed by atoms with E-state index >= 15 is 0 Å². The number of rotatable bonds is 3. The molecule has 2 aliphatic rings. The van der Waals surface area contributed by atoms with Gasteiger partial charge in [-0.2, -0.15) is 5.26 Å². The van der Waals surface area contributed by atoms with Crippen LogP contribution in [0.4, 0.5) is 0 Å². The van der Waals surface area contributed by atoms with Gasteiger partial charge in [0.05, 0.1) is 11.6 Å². The molecule has 5 nitrogen and oxygen atoms in total. The van der Waals surface area contributed by atoms with E-state index in [0.717, 1.165) is 45.6 Å². The van der Waals surface area contributed by atoms with Crippen LogP contribution in [-0.4, -0.2) is 49.2 Å². The fourth-order valence-corrected chi connectivity index (χ4v) is 3.29. The molecule has 1 atom stereocenters. The summed E-state index contributed by atoms with van der Waals surface area (Å²) in [6.45, 7) is 3.64. The molecular weight excluding hydrogens is 278 g/mol. The molecule has 1 amide bonds. The molecule has 1 unspecified atom stereocenters. The Bertz CT molecular complexity index is 576. The lowest BCUT2D eigenvalue weighted by Gasteiger charge is -2.31. The van der Waals surface area contributed by atoms with Gasteiger partial charge in [0.1, 0.15) is 0 Å². The van der Waals surface area contributed by atoms with Gasteiger partial charge in [0, 0.05) is 44.0 Å². The normalized spacial score (nSPS) is 23.1. The number of nitriles is 1. The zero-order chi connectivity index (χ0) is 15.4. The molecule has 0 saturated carbocycles. The largest absolute Gasteiger partial charge is 0.381 e. The van der Waals surface area contributed by atoms with Crippen molar-refractivity contribution in [2.75, 3.05) is 26.3 Å². The summed E-state index contributed by atoms with van der Waals surface area (Å²) in [4.78, 5) is 14.8. The maximum atomic E-state index is 12.3. The van der Waals surface area contributed by atoms with Gasteiger partial charge in [-0.1, -0.05) is 6.07 Å². The van der Waals surface area contributed by atoms with Crippen molar-refractivity contribution in [2.45, 2.75) is 31.3 Å². The van der Waals surface area contributed by atoms with Crippen molar-refractivity contribution < 1.29 is 9.53 Å². The van der Waals surface area contributed by atoms with E-state index in [1.54, 1.807) is 24.3 Å². The first-order chi connectivity index (χ1) is 10.8. The number of nitrogens with zero attached hydrogens (tertiary/aromatic N) is 2. The predicted molar refractivity (Wildman–Crippen MR) is 82.4 cm³/mol. The number of benzene rings is 1. The second-order valence-electron chi connectivity index (χ2n) is 5.99. The van der Waals surface area contributed by atoms with E-state index in [1.165, 1.54) is 0 Å². The van der Waals surface area contributed by atoms with Crippen LogP contribution in [0.15, 0.2) is 24.3 Å². The quantitative estimate of drug-likeness (QED) is 0.919. The molecule has 1 aromatic carbocycles. The lowest BCUT2D eigenvalue weighted by Crippen LogP contribution is -2.41. The minimum atomic E-state index is -0.0871. The zero-order valence-corrected chi connectivity index (χ0v) is 12.6. The summed E-state index contributed by atoms with van der Waals surface area (Å²) in [7, 11) is 0. The van der Waals surface area contributed by atoms with Gasteiger partial charge in [0.15, 0.2) is 0 Å². The molecule has 5 heteroatoms. The van der Waals surface area contributed by atoms with Crippen LogP contribution in [0.5, 0.6) is 0 Å². The summed E-state index contributed by atoms with van der Waals surface area (Å²) >= 11 is 0. The van der Waals surface area contributed by atoms with Crippen LogP contribution in [0.2, 0.25) is 0 Å². The molecule has 1 N–H and O–H groups in total. The van der Waals surface area contributed by atoms with Crippen molar-refractivity contribution in [1.29, 1.82) is 5.26 Å². The number of amides is 1. The summed E-state index contributed by atoms with van der Waals surface area (Å²) in [6.07, 6.45) is 3.16. The fraction of sp³-hybridized carbons (Fsp3) is 0.529. The van der Waals surface area contributed by atoms with E-state index in [4.69, 9.17) is 10.00 Å². The molecule has 0 aliphatic carbocycles. The second-order valence-corrected chi connectivity index (χ2v) is 5.99. The van der Waals surface area contributed by atoms with Crippen molar-refractivity contribution in [3.63, 3.8) is 0 Å². The minimum absolute atomic E-state index is 0.0871. The zero-order valence-electron chi connectivity index (χ0n) is 12.6. The standard InChI is InChI=1S/C17H21N3O2/c18-11-13-2-1-3-14(10-13)17(21)19-15-4-7-20(12-15)16-5-8-22-9-6-16/h1-3,10,15-16H,4-9,12H2,(H,19,21). The first-order valence-electron chi connectivity index (χ1n) is 7.89. The summed E-state index contributed by atoms with van der Waals surface area (Å²) in [6, 6.07) is 9.70. The highest BCUT2D eigenvalue weighted by Gasteiger charge is 2.30. The van der Waals surface area contributed by atoms with Crippen molar-refractivity contribution >= 4 is 5.91 Å². The SMILES string of the molecule is N#Cc1cccc(C(=O)NC2CCN(C3CCOCC3)C2)c1. The topological polar surface area (TPSA) is 65.4 Å². The van der Waals surface area contributed by atoms with E-state index in [0.29, 0.717) is 17.2 Å². The fourth-order valence-electron chi connectivity index (χ4n) is 3.29. The number of ether oxygens (including phenoxy) is 1. The Balaban J connectivity index is 1.55. The average molecular weight is 299 g/mol. The number of carbonyl (C=O) groups is 1. The van der Waals surface area contributed by atoms with Crippen LogP contribution >= 0.6 is 0 Å². The Morgan fingerprint density at radius 3 is 2.91 bits per heavy atom. The van der Waals surface area contributed by atoms with Crippen LogP contribution in [-0.2, 0) is 4.74 Å². The minimum Gasteiger partial charge on any atom is -0.381 e. The van der Waals surface area contributed by atoms with Crippen molar-refractivity contribution in [3.8, 4) is 6.07 Å². The van der Waals surface area contributed by atoms with Crippen LogP contribution in [0.3, 0.4) is 0 Å². The van der Waals surface area contributed by atoms with Crippen LogP contribution < -0.4 is 5.32 Å². The Labute approximate surface area is 130 Å². The average Bonchev–Trinajstić information content (AvgIpc) is 3.04. The maximum Gasteiger partial charge on any atom is 0.251 e. The van der Waals surface area contributed by atoms with E-state index in [-0.39, 0.29) is 11.9 Å². The van der Waals surface area contributed by atoms with Gasteiger partial charge in [0.2, 0.25) is 0 Å². The molecule has 116 valence electrons. The Kier molecular flexibility index (Phi) is 4.71. The predicted octanol–water partition coefficient (Wildman–Crippen LogP) is 1.54. The molecule has 22 heavy (non-hydrogen) atoms. The lowest BCUT2D eigenvalue weighted by molar-refractivity contribution is 0.0415. The van der Waals surface area contributed by atoms with E-state index in [2.05, 4.69) is 16.3 Å². The third-order valence-corrected chi connectivity index (χ3v) is 4.52. The smallest absolute Gasteiger partial charge is 0.251 e. The molecule has 0 radical (unpaired) electrons. The van der Waals surface area contributed by atoms with Gasteiger partial charge >= 0.3 is 0 Å². The highest BCUT2D eigenvalue weighted by molar-refractivity contribution is 5.94. The van der Waals surface area contributed by atoms with Crippen molar-refractivity contribution in [3.05, 3.63) is 35.4 Å². The molecule has 1 aromatic rings. The molecule has 2 heterocycles. The summed E-state index contributed by atoms with van der Waals surface area (Å²) < 4.78 is 5.41. The Hall–Kier alpha value is -1.90. The monoisotopic (exact) mass is 299 g/mol. The maximum absolute atomic E-state index is 12.3. The molecule has 2 aliphatic heterocycles. The van der Waals surface area contributed by atoms with Gasteiger partial charge in [-0.15, -0.1) is 0 Å². The number of nitrogens with one attached hydrogen (secondary N) is 1. The molecule has 0 spiro atoms. The van der Waals surface area contributed by atoms with Crippen LogP contribution in [0.1, 0.15) is 35.2 Å². The second kappa shape index (κ2) is 6.91. The van der Waals surface area contributed by atoms with Gasteiger partial charge in [0.25, 0.3) is 5.91 Å². The first-order valence-corrected chi connectivity index (χ1v) is 7.89. The van der Waals surface area contributed by atoms with Gasteiger partial charge in [-0.25, -0.2) is 0 Å². The van der Waals surface area contributed by atoms with Gasteiger partial charge in [-0.05, 0) is 37.5 Å². The number of hydrogen-bond acceptors (Lipinski definition) is 4. The first kappa shape index (κ1) is 15.0. The van der Waals surface area contributed by atoms with Crippen molar-refractivity contribution in [1.82, 2.24) is 10.2 Å². The van der Waals surface area contributed by atoms with Crippen molar-refractivity contribution in [2.24, 2.45) is 0 Å². The van der Waals surface area contributed by atoms with Gasteiger partial charge in [-0.3, -0.25) is 9.69 Å².